The Hall–Kier alpha value is -2.43. The number of anilines is 1. The Labute approximate surface area is 143 Å². The Morgan fingerprint density at radius 3 is 2.46 bits per heavy atom. The van der Waals surface area contributed by atoms with Gasteiger partial charge in [0.25, 0.3) is 5.91 Å². The highest BCUT2D eigenvalue weighted by molar-refractivity contribution is 5.92. The van der Waals surface area contributed by atoms with Gasteiger partial charge in [0.15, 0.2) is 11.5 Å². The molecule has 1 amide bonds. The molecule has 0 aliphatic carbocycles. The van der Waals surface area contributed by atoms with E-state index in [-0.39, 0.29) is 5.91 Å². The van der Waals surface area contributed by atoms with E-state index in [0.29, 0.717) is 12.2 Å². The Bertz CT molecular complexity index is 676. The van der Waals surface area contributed by atoms with E-state index >= 15 is 0 Å². The van der Waals surface area contributed by atoms with Crippen LogP contribution in [0.3, 0.4) is 0 Å². The number of carbonyl (C=O) groups is 1. The Balaban J connectivity index is 1.60. The fourth-order valence-corrected chi connectivity index (χ4v) is 2.99. The molecule has 0 spiro atoms. The van der Waals surface area contributed by atoms with E-state index in [2.05, 4.69) is 20.4 Å². The van der Waals surface area contributed by atoms with E-state index in [1.165, 1.54) is 31.2 Å². The van der Waals surface area contributed by atoms with Crippen molar-refractivity contribution in [2.24, 2.45) is 0 Å². The lowest BCUT2D eigenvalue weighted by molar-refractivity contribution is 0.0945. The van der Waals surface area contributed by atoms with Gasteiger partial charge in [0, 0.05) is 19.6 Å². The minimum atomic E-state index is -0.187. The van der Waals surface area contributed by atoms with Gasteiger partial charge >= 0.3 is 0 Å². The lowest BCUT2D eigenvalue weighted by Gasteiger charge is -2.20. The standard InChI is InChI=1S/C19H24N4O/c1-15-8-4-5-9-16(15)14-20-19(24)17-10-11-18(22-21-17)23-12-6-2-3-7-13-23/h4-5,8-11H,2-3,6-7,12-14H2,1H3,(H,20,24). The first-order chi connectivity index (χ1) is 11.7. The van der Waals surface area contributed by atoms with Crippen molar-refractivity contribution >= 4 is 11.7 Å². The molecule has 24 heavy (non-hydrogen) atoms. The molecule has 3 rings (SSSR count). The number of carbonyl (C=O) groups excluding carboxylic acids is 1. The summed E-state index contributed by atoms with van der Waals surface area (Å²) in [5.41, 5.74) is 2.64. The van der Waals surface area contributed by atoms with Crippen molar-refractivity contribution in [3.8, 4) is 0 Å². The molecule has 0 radical (unpaired) electrons. The van der Waals surface area contributed by atoms with E-state index < -0.39 is 0 Å². The maximum atomic E-state index is 12.2. The van der Waals surface area contributed by atoms with E-state index in [0.717, 1.165) is 24.5 Å². The summed E-state index contributed by atoms with van der Waals surface area (Å²) in [6.07, 6.45) is 4.95. The second-order valence-corrected chi connectivity index (χ2v) is 6.29. The highest BCUT2D eigenvalue weighted by atomic mass is 16.1. The van der Waals surface area contributed by atoms with Crippen molar-refractivity contribution < 1.29 is 4.79 Å². The number of hydrogen-bond donors (Lipinski definition) is 1. The number of nitrogens with one attached hydrogen (secondary N) is 1. The van der Waals surface area contributed by atoms with Crippen molar-refractivity contribution in [2.45, 2.75) is 39.2 Å². The smallest absolute Gasteiger partial charge is 0.272 e. The molecule has 1 aromatic carbocycles. The Morgan fingerprint density at radius 1 is 1.04 bits per heavy atom. The van der Waals surface area contributed by atoms with Crippen LogP contribution < -0.4 is 10.2 Å². The van der Waals surface area contributed by atoms with E-state index in [9.17, 15) is 4.79 Å². The highest BCUT2D eigenvalue weighted by Gasteiger charge is 2.13. The summed E-state index contributed by atoms with van der Waals surface area (Å²) < 4.78 is 0. The normalized spacial score (nSPS) is 15.0. The Morgan fingerprint density at radius 2 is 1.79 bits per heavy atom. The lowest BCUT2D eigenvalue weighted by Crippen LogP contribution is -2.27. The molecule has 0 bridgehead atoms. The number of amides is 1. The molecule has 5 nitrogen and oxygen atoms in total. The van der Waals surface area contributed by atoms with Crippen LogP contribution in [0, 0.1) is 6.92 Å². The predicted octanol–water partition coefficient (Wildman–Crippen LogP) is 3.10. The minimum Gasteiger partial charge on any atom is -0.355 e. The first-order valence-corrected chi connectivity index (χ1v) is 8.65. The van der Waals surface area contributed by atoms with Gasteiger partial charge in [-0.1, -0.05) is 37.1 Å². The van der Waals surface area contributed by atoms with Gasteiger partial charge in [-0.25, -0.2) is 0 Å². The number of aryl methyl sites for hydroxylation is 1. The fourth-order valence-electron chi connectivity index (χ4n) is 2.99. The molecule has 1 saturated heterocycles. The molecule has 1 aliphatic heterocycles. The topological polar surface area (TPSA) is 58.1 Å². The molecule has 0 atom stereocenters. The van der Waals surface area contributed by atoms with Crippen LogP contribution in [0.1, 0.15) is 47.3 Å². The SMILES string of the molecule is Cc1ccccc1CNC(=O)c1ccc(N2CCCCCC2)nn1. The molecule has 1 N–H and O–H groups in total. The number of aromatic nitrogens is 2. The molecule has 2 heterocycles. The Kier molecular flexibility index (Phi) is 5.41. The van der Waals surface area contributed by atoms with Gasteiger partial charge < -0.3 is 10.2 Å². The van der Waals surface area contributed by atoms with Crippen LogP contribution in [0.25, 0.3) is 0 Å². The van der Waals surface area contributed by atoms with Crippen LogP contribution in [0.5, 0.6) is 0 Å². The maximum absolute atomic E-state index is 12.2. The summed E-state index contributed by atoms with van der Waals surface area (Å²) >= 11 is 0. The molecular weight excluding hydrogens is 300 g/mol. The van der Waals surface area contributed by atoms with Crippen molar-refractivity contribution in [2.75, 3.05) is 18.0 Å². The summed E-state index contributed by atoms with van der Waals surface area (Å²) in [6.45, 7) is 4.58. The maximum Gasteiger partial charge on any atom is 0.272 e. The number of benzene rings is 1. The van der Waals surface area contributed by atoms with Gasteiger partial charge in [-0.15, -0.1) is 10.2 Å². The molecule has 0 saturated carbocycles. The first kappa shape index (κ1) is 16.4. The van der Waals surface area contributed by atoms with Gasteiger partial charge in [0.1, 0.15) is 0 Å². The summed E-state index contributed by atoms with van der Waals surface area (Å²) in [5.74, 6) is 0.681. The van der Waals surface area contributed by atoms with Gasteiger partial charge in [0.2, 0.25) is 0 Å². The molecule has 1 aliphatic rings. The highest BCUT2D eigenvalue weighted by Crippen LogP contribution is 2.16. The zero-order valence-corrected chi connectivity index (χ0v) is 14.2. The van der Waals surface area contributed by atoms with Crippen molar-refractivity contribution in [3.05, 3.63) is 53.2 Å². The molecular formula is C19H24N4O. The van der Waals surface area contributed by atoms with Gasteiger partial charge in [-0.05, 0) is 43.0 Å². The van der Waals surface area contributed by atoms with Crippen LogP contribution in [0.2, 0.25) is 0 Å². The average Bonchev–Trinajstić information content (AvgIpc) is 2.90. The first-order valence-electron chi connectivity index (χ1n) is 8.65. The van der Waals surface area contributed by atoms with Crippen molar-refractivity contribution in [3.63, 3.8) is 0 Å². The van der Waals surface area contributed by atoms with Gasteiger partial charge in [0.05, 0.1) is 0 Å². The van der Waals surface area contributed by atoms with Crippen LogP contribution in [-0.2, 0) is 6.54 Å². The van der Waals surface area contributed by atoms with E-state index in [1.54, 1.807) is 6.07 Å². The van der Waals surface area contributed by atoms with Gasteiger partial charge in [-0.3, -0.25) is 4.79 Å². The number of hydrogen-bond acceptors (Lipinski definition) is 4. The van der Waals surface area contributed by atoms with Crippen LogP contribution in [0.15, 0.2) is 36.4 Å². The number of rotatable bonds is 4. The van der Waals surface area contributed by atoms with E-state index in [1.807, 2.05) is 37.3 Å². The third-order valence-corrected chi connectivity index (χ3v) is 4.51. The second kappa shape index (κ2) is 7.90. The molecule has 1 fully saturated rings. The summed E-state index contributed by atoms with van der Waals surface area (Å²) in [5, 5.41) is 11.3. The average molecular weight is 324 g/mol. The zero-order valence-electron chi connectivity index (χ0n) is 14.2. The summed E-state index contributed by atoms with van der Waals surface area (Å²) in [7, 11) is 0. The van der Waals surface area contributed by atoms with Crippen LogP contribution in [0.4, 0.5) is 5.82 Å². The van der Waals surface area contributed by atoms with Gasteiger partial charge in [-0.2, -0.15) is 0 Å². The lowest BCUT2D eigenvalue weighted by atomic mass is 10.1. The predicted molar refractivity (Wildman–Crippen MR) is 95.1 cm³/mol. The molecule has 0 unspecified atom stereocenters. The largest absolute Gasteiger partial charge is 0.355 e. The molecule has 2 aromatic rings. The van der Waals surface area contributed by atoms with Crippen LogP contribution >= 0.6 is 0 Å². The monoisotopic (exact) mass is 324 g/mol. The molecule has 126 valence electrons. The van der Waals surface area contributed by atoms with E-state index in [4.69, 9.17) is 0 Å². The zero-order chi connectivity index (χ0) is 16.8. The fraction of sp³-hybridized carbons (Fsp3) is 0.421. The van der Waals surface area contributed by atoms with Crippen LogP contribution in [-0.4, -0.2) is 29.2 Å². The quantitative estimate of drug-likeness (QED) is 0.939. The van der Waals surface area contributed by atoms with Crippen molar-refractivity contribution in [1.29, 1.82) is 0 Å². The molecule has 1 aromatic heterocycles. The second-order valence-electron chi connectivity index (χ2n) is 6.29. The third-order valence-electron chi connectivity index (χ3n) is 4.51. The van der Waals surface area contributed by atoms with Crippen molar-refractivity contribution in [1.82, 2.24) is 15.5 Å². The molecule has 5 heteroatoms. The number of nitrogens with zero attached hydrogens (tertiary/aromatic N) is 3. The minimum absolute atomic E-state index is 0.187. The summed E-state index contributed by atoms with van der Waals surface area (Å²) in [6, 6.07) is 11.7. The third kappa shape index (κ3) is 4.10. The summed E-state index contributed by atoms with van der Waals surface area (Å²) in [4.78, 5) is 14.5.